The van der Waals surface area contributed by atoms with E-state index in [-0.39, 0.29) is 5.78 Å². The molecule has 106 valence electrons. The van der Waals surface area contributed by atoms with E-state index in [1.165, 1.54) is 10.8 Å². The molecular formula is C18H18N2O. The number of fused-ring (bicyclic) bond motifs is 1. The number of rotatable bonds is 5. The second-order valence-corrected chi connectivity index (χ2v) is 5.23. The Morgan fingerprint density at radius 3 is 2.76 bits per heavy atom. The average Bonchev–Trinajstić information content (AvgIpc) is 2.96. The monoisotopic (exact) mass is 278 g/mol. The van der Waals surface area contributed by atoms with Crippen molar-refractivity contribution in [1.82, 2.24) is 9.55 Å². The molecule has 3 heteroatoms. The third-order valence-corrected chi connectivity index (χ3v) is 3.61. The second-order valence-electron chi connectivity index (χ2n) is 5.23. The number of aromatic nitrogens is 2. The number of ketones is 1. The third kappa shape index (κ3) is 2.87. The number of hydrogen-bond acceptors (Lipinski definition) is 2. The Bertz CT molecular complexity index is 773. The lowest BCUT2D eigenvalue weighted by molar-refractivity contribution is 0.0979. The van der Waals surface area contributed by atoms with E-state index in [4.69, 9.17) is 0 Å². The zero-order valence-electron chi connectivity index (χ0n) is 12.1. The molecule has 3 nitrogen and oxygen atoms in total. The molecule has 3 aromatic rings. The van der Waals surface area contributed by atoms with Crippen LogP contribution >= 0.6 is 0 Å². The standard InChI is InChI=1S/C18H18N2O/c1-2-10-20-11-9-19-18(20)17(21)13-14-7-8-15-5-3-4-6-16(15)12-14/h3-9,11-12H,2,10,13H2,1H3. The molecule has 1 aromatic heterocycles. The predicted molar refractivity (Wildman–Crippen MR) is 84.5 cm³/mol. The van der Waals surface area contributed by atoms with Crippen molar-refractivity contribution in [2.45, 2.75) is 26.3 Å². The lowest BCUT2D eigenvalue weighted by Crippen LogP contribution is -2.12. The summed E-state index contributed by atoms with van der Waals surface area (Å²) in [7, 11) is 0. The summed E-state index contributed by atoms with van der Waals surface area (Å²) in [4.78, 5) is 16.6. The van der Waals surface area contributed by atoms with E-state index in [0.29, 0.717) is 12.2 Å². The normalized spacial score (nSPS) is 10.9. The smallest absolute Gasteiger partial charge is 0.202 e. The van der Waals surface area contributed by atoms with Crippen LogP contribution in [0.2, 0.25) is 0 Å². The van der Waals surface area contributed by atoms with E-state index < -0.39 is 0 Å². The molecule has 0 bridgehead atoms. The fraction of sp³-hybridized carbons (Fsp3) is 0.222. The first-order valence-electron chi connectivity index (χ1n) is 7.30. The molecule has 1 heterocycles. The molecule has 0 spiro atoms. The molecule has 0 aliphatic heterocycles. The summed E-state index contributed by atoms with van der Waals surface area (Å²) < 4.78 is 1.93. The van der Waals surface area contributed by atoms with Gasteiger partial charge in [-0.2, -0.15) is 0 Å². The number of carbonyl (C=O) groups is 1. The summed E-state index contributed by atoms with van der Waals surface area (Å²) >= 11 is 0. The molecule has 0 amide bonds. The third-order valence-electron chi connectivity index (χ3n) is 3.61. The summed E-state index contributed by atoms with van der Waals surface area (Å²) in [5.74, 6) is 0.633. The molecule has 0 radical (unpaired) electrons. The van der Waals surface area contributed by atoms with Gasteiger partial charge in [0.1, 0.15) is 0 Å². The van der Waals surface area contributed by atoms with Crippen molar-refractivity contribution in [1.29, 1.82) is 0 Å². The fourth-order valence-corrected chi connectivity index (χ4v) is 2.60. The number of hydrogen-bond donors (Lipinski definition) is 0. The Balaban J connectivity index is 1.84. The van der Waals surface area contributed by atoms with Crippen molar-refractivity contribution in [3.8, 4) is 0 Å². The highest BCUT2D eigenvalue weighted by atomic mass is 16.1. The number of aryl methyl sites for hydroxylation is 1. The highest BCUT2D eigenvalue weighted by Crippen LogP contribution is 2.17. The van der Waals surface area contributed by atoms with E-state index in [0.717, 1.165) is 18.5 Å². The van der Waals surface area contributed by atoms with Crippen LogP contribution in [0.5, 0.6) is 0 Å². The molecule has 0 fully saturated rings. The minimum atomic E-state index is 0.0729. The van der Waals surface area contributed by atoms with Gasteiger partial charge in [-0.05, 0) is 22.8 Å². The van der Waals surface area contributed by atoms with Crippen molar-refractivity contribution in [3.05, 3.63) is 66.2 Å². The van der Waals surface area contributed by atoms with Crippen molar-refractivity contribution in [2.24, 2.45) is 0 Å². The first kappa shape index (κ1) is 13.6. The Morgan fingerprint density at radius 1 is 1.14 bits per heavy atom. The largest absolute Gasteiger partial charge is 0.329 e. The van der Waals surface area contributed by atoms with Gasteiger partial charge in [-0.15, -0.1) is 0 Å². The average molecular weight is 278 g/mol. The topological polar surface area (TPSA) is 34.9 Å². The van der Waals surface area contributed by atoms with Crippen LogP contribution in [0.15, 0.2) is 54.9 Å². The van der Waals surface area contributed by atoms with Gasteiger partial charge in [-0.1, -0.05) is 49.4 Å². The van der Waals surface area contributed by atoms with E-state index in [1.807, 2.05) is 29.0 Å². The number of carbonyl (C=O) groups excluding carboxylic acids is 1. The van der Waals surface area contributed by atoms with Crippen molar-refractivity contribution in [2.75, 3.05) is 0 Å². The van der Waals surface area contributed by atoms with E-state index in [2.05, 4.69) is 36.2 Å². The summed E-state index contributed by atoms with van der Waals surface area (Å²) in [6.45, 7) is 2.93. The van der Waals surface area contributed by atoms with Crippen LogP contribution in [0.1, 0.15) is 29.5 Å². The highest BCUT2D eigenvalue weighted by Gasteiger charge is 2.13. The molecule has 2 aromatic carbocycles. The van der Waals surface area contributed by atoms with Crippen LogP contribution in [-0.2, 0) is 13.0 Å². The van der Waals surface area contributed by atoms with Crippen molar-refractivity contribution in [3.63, 3.8) is 0 Å². The number of imidazole rings is 1. The van der Waals surface area contributed by atoms with Crippen LogP contribution in [0, 0.1) is 0 Å². The zero-order valence-corrected chi connectivity index (χ0v) is 12.1. The van der Waals surface area contributed by atoms with Gasteiger partial charge in [0.25, 0.3) is 0 Å². The first-order valence-corrected chi connectivity index (χ1v) is 7.30. The SMILES string of the molecule is CCCn1ccnc1C(=O)Cc1ccc2ccccc2c1. The van der Waals surface area contributed by atoms with Gasteiger partial charge in [-0.3, -0.25) is 4.79 Å². The molecule has 0 aliphatic carbocycles. The predicted octanol–water partition coefficient (Wildman–Crippen LogP) is 3.87. The van der Waals surface area contributed by atoms with Gasteiger partial charge in [0.2, 0.25) is 5.78 Å². The number of Topliss-reactive ketones (excluding diaryl/α,β-unsaturated/α-hetero) is 1. The number of nitrogens with zero attached hydrogens (tertiary/aromatic N) is 2. The van der Waals surface area contributed by atoms with Gasteiger partial charge >= 0.3 is 0 Å². The molecular weight excluding hydrogens is 260 g/mol. The van der Waals surface area contributed by atoms with Crippen molar-refractivity contribution >= 4 is 16.6 Å². The van der Waals surface area contributed by atoms with Crippen LogP contribution in [-0.4, -0.2) is 15.3 Å². The van der Waals surface area contributed by atoms with Crippen LogP contribution in [0.4, 0.5) is 0 Å². The molecule has 3 rings (SSSR count). The summed E-state index contributed by atoms with van der Waals surface area (Å²) in [5, 5.41) is 2.36. The highest BCUT2D eigenvalue weighted by molar-refractivity contribution is 5.95. The minimum absolute atomic E-state index is 0.0729. The molecule has 0 atom stereocenters. The summed E-state index contributed by atoms with van der Waals surface area (Å²) in [6, 6.07) is 14.4. The van der Waals surface area contributed by atoms with Crippen LogP contribution < -0.4 is 0 Å². The molecule has 21 heavy (non-hydrogen) atoms. The van der Waals surface area contributed by atoms with E-state index in [1.54, 1.807) is 6.20 Å². The van der Waals surface area contributed by atoms with E-state index >= 15 is 0 Å². The summed E-state index contributed by atoms with van der Waals surface area (Å²) in [6.07, 6.45) is 4.96. The maximum Gasteiger partial charge on any atom is 0.202 e. The fourth-order valence-electron chi connectivity index (χ4n) is 2.60. The Kier molecular flexibility index (Phi) is 3.82. The molecule has 0 aliphatic rings. The van der Waals surface area contributed by atoms with Gasteiger partial charge in [0.05, 0.1) is 0 Å². The zero-order chi connectivity index (χ0) is 14.7. The maximum absolute atomic E-state index is 12.4. The molecule has 0 unspecified atom stereocenters. The van der Waals surface area contributed by atoms with Gasteiger partial charge < -0.3 is 4.57 Å². The number of benzene rings is 2. The Morgan fingerprint density at radius 2 is 1.95 bits per heavy atom. The maximum atomic E-state index is 12.4. The molecule has 0 N–H and O–H groups in total. The van der Waals surface area contributed by atoms with Crippen LogP contribution in [0.25, 0.3) is 10.8 Å². The molecule has 0 saturated carbocycles. The first-order chi connectivity index (χ1) is 10.3. The van der Waals surface area contributed by atoms with Gasteiger partial charge in [0.15, 0.2) is 5.82 Å². The van der Waals surface area contributed by atoms with Crippen LogP contribution in [0.3, 0.4) is 0 Å². The molecule has 0 saturated heterocycles. The quantitative estimate of drug-likeness (QED) is 0.664. The van der Waals surface area contributed by atoms with Crippen molar-refractivity contribution < 1.29 is 4.79 Å². The van der Waals surface area contributed by atoms with E-state index in [9.17, 15) is 4.79 Å². The lowest BCUT2D eigenvalue weighted by Gasteiger charge is -2.06. The van der Waals surface area contributed by atoms with Gasteiger partial charge in [0, 0.05) is 25.4 Å². The Hall–Kier alpha value is -2.42. The summed E-state index contributed by atoms with van der Waals surface area (Å²) in [5.41, 5.74) is 1.03. The van der Waals surface area contributed by atoms with Gasteiger partial charge in [-0.25, -0.2) is 4.98 Å². The second kappa shape index (κ2) is 5.92. The Labute approximate surface area is 124 Å². The lowest BCUT2D eigenvalue weighted by atomic mass is 10.0. The minimum Gasteiger partial charge on any atom is -0.329 e.